The molecule has 110 valence electrons. The van der Waals surface area contributed by atoms with Gasteiger partial charge in [0.05, 0.1) is 6.54 Å². The van der Waals surface area contributed by atoms with Crippen molar-refractivity contribution >= 4 is 17.2 Å². The first-order valence-corrected chi connectivity index (χ1v) is 8.23. The number of carbonyl (C=O) groups excluding carboxylic acids is 1. The van der Waals surface area contributed by atoms with E-state index in [4.69, 9.17) is 0 Å². The maximum absolute atomic E-state index is 12.3. The molecule has 1 aromatic heterocycles. The van der Waals surface area contributed by atoms with Crippen molar-refractivity contribution < 1.29 is 4.79 Å². The van der Waals surface area contributed by atoms with Gasteiger partial charge in [-0.1, -0.05) is 42.5 Å². The minimum absolute atomic E-state index is 0.0819. The Bertz CT molecular complexity index is 638. The van der Waals surface area contributed by atoms with E-state index in [9.17, 15) is 4.79 Å². The van der Waals surface area contributed by atoms with Crippen molar-refractivity contribution in [3.05, 3.63) is 45.4 Å². The topological polar surface area (TPSA) is 54.9 Å². The molecule has 4 nitrogen and oxygen atoms in total. The molecule has 0 aliphatic heterocycles. The van der Waals surface area contributed by atoms with Gasteiger partial charge in [-0.05, 0) is 36.8 Å². The van der Waals surface area contributed by atoms with Crippen molar-refractivity contribution in [3.63, 3.8) is 0 Å². The second-order valence-corrected chi connectivity index (χ2v) is 6.52. The summed E-state index contributed by atoms with van der Waals surface area (Å²) < 4.78 is 0. The third kappa shape index (κ3) is 3.29. The van der Waals surface area contributed by atoms with E-state index in [1.54, 1.807) is 11.3 Å². The van der Waals surface area contributed by atoms with Gasteiger partial charge in [0.1, 0.15) is 10.0 Å². The van der Waals surface area contributed by atoms with Gasteiger partial charge in [0.25, 0.3) is 0 Å². The minimum Gasteiger partial charge on any atom is -0.349 e. The van der Waals surface area contributed by atoms with Gasteiger partial charge in [0.15, 0.2) is 0 Å². The Morgan fingerprint density at radius 1 is 1.29 bits per heavy atom. The van der Waals surface area contributed by atoms with Crippen LogP contribution in [0.3, 0.4) is 0 Å². The second-order valence-electron chi connectivity index (χ2n) is 5.37. The highest BCUT2D eigenvalue weighted by molar-refractivity contribution is 7.11. The largest absolute Gasteiger partial charge is 0.349 e. The van der Waals surface area contributed by atoms with E-state index < -0.39 is 0 Å². The number of nitrogens with zero attached hydrogens (tertiary/aromatic N) is 2. The van der Waals surface area contributed by atoms with Crippen LogP contribution in [0.4, 0.5) is 0 Å². The summed E-state index contributed by atoms with van der Waals surface area (Å²) in [6.45, 7) is 2.55. The van der Waals surface area contributed by atoms with E-state index in [2.05, 4.69) is 40.6 Å². The molecule has 1 aliphatic carbocycles. The molecule has 1 aliphatic rings. The van der Waals surface area contributed by atoms with Crippen LogP contribution in [0.5, 0.6) is 0 Å². The summed E-state index contributed by atoms with van der Waals surface area (Å²) in [6.07, 6.45) is 3.66. The maximum atomic E-state index is 12.3. The standard InChI is InChI=1S/C16H19N3OS/c1-2-14-18-19-15(21-14)10-17-16(20)13-8-7-11-5-3-4-6-12(11)9-13/h3-6,13H,2,7-10H2,1H3,(H,17,20). The zero-order valence-corrected chi connectivity index (χ0v) is 12.9. The molecule has 1 aromatic carbocycles. The van der Waals surface area contributed by atoms with Crippen molar-refractivity contribution in [2.24, 2.45) is 5.92 Å². The van der Waals surface area contributed by atoms with Gasteiger partial charge in [-0.2, -0.15) is 0 Å². The summed E-state index contributed by atoms with van der Waals surface area (Å²) in [4.78, 5) is 12.3. The molecule has 1 unspecified atom stereocenters. The molecule has 1 N–H and O–H groups in total. The zero-order valence-electron chi connectivity index (χ0n) is 12.1. The molecule has 1 heterocycles. The Kier molecular flexibility index (Phi) is 4.29. The molecule has 0 saturated heterocycles. The van der Waals surface area contributed by atoms with Gasteiger partial charge in [0, 0.05) is 5.92 Å². The summed E-state index contributed by atoms with van der Waals surface area (Å²) >= 11 is 1.57. The molecule has 5 heteroatoms. The molecule has 1 atom stereocenters. The Morgan fingerprint density at radius 3 is 2.81 bits per heavy atom. The highest BCUT2D eigenvalue weighted by atomic mass is 32.1. The number of aryl methyl sites for hydroxylation is 2. The van der Waals surface area contributed by atoms with Crippen molar-refractivity contribution in [1.82, 2.24) is 15.5 Å². The van der Waals surface area contributed by atoms with Crippen molar-refractivity contribution in [1.29, 1.82) is 0 Å². The highest BCUT2D eigenvalue weighted by Gasteiger charge is 2.24. The number of carbonyl (C=O) groups is 1. The Labute approximate surface area is 128 Å². The predicted molar refractivity (Wildman–Crippen MR) is 83.1 cm³/mol. The second kappa shape index (κ2) is 6.35. The van der Waals surface area contributed by atoms with Gasteiger partial charge in [-0.15, -0.1) is 10.2 Å². The minimum atomic E-state index is 0.0819. The van der Waals surface area contributed by atoms with E-state index >= 15 is 0 Å². The van der Waals surface area contributed by atoms with Gasteiger partial charge in [0.2, 0.25) is 5.91 Å². The number of hydrogen-bond acceptors (Lipinski definition) is 4. The molecular formula is C16H19N3OS. The van der Waals surface area contributed by atoms with Crippen molar-refractivity contribution in [3.8, 4) is 0 Å². The van der Waals surface area contributed by atoms with Crippen LogP contribution in [-0.4, -0.2) is 16.1 Å². The van der Waals surface area contributed by atoms with Gasteiger partial charge in [-0.25, -0.2) is 0 Å². The molecule has 3 rings (SSSR count). The average molecular weight is 301 g/mol. The van der Waals surface area contributed by atoms with E-state index in [0.29, 0.717) is 6.54 Å². The first-order chi connectivity index (χ1) is 10.3. The number of rotatable bonds is 4. The van der Waals surface area contributed by atoms with Gasteiger partial charge < -0.3 is 5.32 Å². The fourth-order valence-electron chi connectivity index (χ4n) is 2.73. The smallest absolute Gasteiger partial charge is 0.223 e. The first-order valence-electron chi connectivity index (χ1n) is 7.42. The van der Waals surface area contributed by atoms with Crippen LogP contribution in [0.15, 0.2) is 24.3 Å². The SMILES string of the molecule is CCc1nnc(CNC(=O)C2CCc3ccccc3C2)s1. The Morgan fingerprint density at radius 2 is 2.05 bits per heavy atom. The Hall–Kier alpha value is -1.75. The van der Waals surface area contributed by atoms with Crippen LogP contribution in [-0.2, 0) is 30.6 Å². The van der Waals surface area contributed by atoms with Gasteiger partial charge in [-0.3, -0.25) is 4.79 Å². The summed E-state index contributed by atoms with van der Waals surface area (Å²) in [5.41, 5.74) is 2.70. The lowest BCUT2D eigenvalue weighted by Gasteiger charge is -2.23. The normalized spacial score (nSPS) is 17.3. The van der Waals surface area contributed by atoms with Crippen molar-refractivity contribution in [2.45, 2.75) is 39.2 Å². The van der Waals surface area contributed by atoms with Crippen LogP contribution >= 0.6 is 11.3 Å². The molecule has 21 heavy (non-hydrogen) atoms. The van der Waals surface area contributed by atoms with E-state index in [1.807, 2.05) is 6.07 Å². The average Bonchev–Trinajstić information content (AvgIpc) is 3.00. The molecule has 2 aromatic rings. The molecule has 0 bridgehead atoms. The third-order valence-electron chi connectivity index (χ3n) is 3.94. The highest BCUT2D eigenvalue weighted by Crippen LogP contribution is 2.25. The molecule has 0 radical (unpaired) electrons. The number of hydrogen-bond donors (Lipinski definition) is 1. The molecule has 0 saturated carbocycles. The van der Waals surface area contributed by atoms with Gasteiger partial charge >= 0.3 is 0 Å². The van der Waals surface area contributed by atoms with Crippen LogP contribution in [0.1, 0.15) is 34.5 Å². The van der Waals surface area contributed by atoms with Crippen LogP contribution in [0.2, 0.25) is 0 Å². The lowest BCUT2D eigenvalue weighted by molar-refractivity contribution is -0.125. The van der Waals surface area contributed by atoms with Crippen LogP contribution < -0.4 is 5.32 Å². The van der Waals surface area contributed by atoms with Crippen LogP contribution in [0.25, 0.3) is 0 Å². The lowest BCUT2D eigenvalue weighted by Crippen LogP contribution is -2.33. The van der Waals surface area contributed by atoms with Crippen molar-refractivity contribution in [2.75, 3.05) is 0 Å². The third-order valence-corrected chi connectivity index (χ3v) is 5.01. The number of aromatic nitrogens is 2. The molecular weight excluding hydrogens is 282 g/mol. The predicted octanol–water partition coefficient (Wildman–Crippen LogP) is 2.52. The van der Waals surface area contributed by atoms with E-state index in [-0.39, 0.29) is 11.8 Å². The number of fused-ring (bicyclic) bond motifs is 1. The quantitative estimate of drug-likeness (QED) is 0.944. The summed E-state index contributed by atoms with van der Waals surface area (Å²) in [7, 11) is 0. The summed E-state index contributed by atoms with van der Waals surface area (Å²) in [5, 5.41) is 13.1. The fourth-order valence-corrected chi connectivity index (χ4v) is 3.46. The number of benzene rings is 1. The lowest BCUT2D eigenvalue weighted by atomic mass is 9.83. The summed E-state index contributed by atoms with van der Waals surface area (Å²) in [6, 6.07) is 8.41. The van der Waals surface area contributed by atoms with E-state index in [0.717, 1.165) is 35.7 Å². The molecule has 1 amide bonds. The first kappa shape index (κ1) is 14.2. The van der Waals surface area contributed by atoms with Crippen LogP contribution in [0, 0.1) is 5.92 Å². The number of nitrogens with one attached hydrogen (secondary N) is 1. The molecule has 0 spiro atoms. The zero-order chi connectivity index (χ0) is 14.7. The Balaban J connectivity index is 1.57. The van der Waals surface area contributed by atoms with E-state index in [1.165, 1.54) is 11.1 Å². The fraction of sp³-hybridized carbons (Fsp3) is 0.438. The monoisotopic (exact) mass is 301 g/mol. The maximum Gasteiger partial charge on any atom is 0.223 e. The number of amides is 1. The molecule has 0 fully saturated rings. The summed E-state index contributed by atoms with van der Waals surface area (Å²) in [5.74, 6) is 0.219.